The molecule has 1 heterocycles. The van der Waals surface area contributed by atoms with E-state index in [0.29, 0.717) is 23.3 Å². The Bertz CT molecular complexity index is 739. The van der Waals surface area contributed by atoms with Crippen LogP contribution < -0.4 is 5.73 Å². The molecule has 0 aliphatic carbocycles. The largest absolute Gasteiger partial charge is 0.334 e. The number of rotatable bonds is 3. The smallest absolute Gasteiger partial charge is 0.258 e. The molecule has 0 atom stereocenters. The summed E-state index contributed by atoms with van der Waals surface area (Å²) in [4.78, 5) is 4.38. The topological polar surface area (TPSA) is 64.9 Å². The van der Waals surface area contributed by atoms with Crippen LogP contribution in [0.4, 0.5) is 0 Å². The van der Waals surface area contributed by atoms with Gasteiger partial charge in [0.1, 0.15) is 0 Å². The number of benzene rings is 2. The Morgan fingerprint density at radius 1 is 1.10 bits per heavy atom. The molecule has 0 unspecified atom stereocenters. The van der Waals surface area contributed by atoms with E-state index in [1.807, 2.05) is 42.5 Å². The molecule has 0 fully saturated rings. The standard InChI is InChI=1S/C15H12ClN3O/c16-13-7-2-1-6-12(13)14-18-15(20-19-14)11-5-3-4-10(8-11)9-17/h1-8H,9,17H2. The Morgan fingerprint density at radius 3 is 2.75 bits per heavy atom. The minimum atomic E-state index is 0.454. The molecule has 0 saturated heterocycles. The van der Waals surface area contributed by atoms with E-state index >= 15 is 0 Å². The van der Waals surface area contributed by atoms with Gasteiger partial charge in [-0.05, 0) is 29.8 Å². The molecule has 100 valence electrons. The molecule has 4 nitrogen and oxygen atoms in total. The molecular weight excluding hydrogens is 274 g/mol. The molecular formula is C15H12ClN3O. The number of hydrogen-bond donors (Lipinski definition) is 1. The fraction of sp³-hybridized carbons (Fsp3) is 0.0667. The quantitative estimate of drug-likeness (QED) is 0.800. The number of nitrogens with two attached hydrogens (primary N) is 1. The van der Waals surface area contributed by atoms with Gasteiger partial charge in [-0.3, -0.25) is 0 Å². The number of aromatic nitrogens is 2. The number of hydrogen-bond acceptors (Lipinski definition) is 4. The van der Waals surface area contributed by atoms with E-state index in [4.69, 9.17) is 21.9 Å². The highest BCUT2D eigenvalue weighted by molar-refractivity contribution is 6.33. The van der Waals surface area contributed by atoms with Crippen LogP contribution in [0.15, 0.2) is 53.1 Å². The van der Waals surface area contributed by atoms with Crippen molar-refractivity contribution in [1.29, 1.82) is 0 Å². The van der Waals surface area contributed by atoms with Gasteiger partial charge in [0.25, 0.3) is 5.89 Å². The number of nitrogens with zero attached hydrogens (tertiary/aromatic N) is 2. The number of halogens is 1. The Morgan fingerprint density at radius 2 is 1.95 bits per heavy atom. The Balaban J connectivity index is 2.00. The first-order chi connectivity index (χ1) is 9.78. The van der Waals surface area contributed by atoms with E-state index in [-0.39, 0.29) is 0 Å². The molecule has 20 heavy (non-hydrogen) atoms. The zero-order valence-corrected chi connectivity index (χ0v) is 11.3. The van der Waals surface area contributed by atoms with Crippen LogP contribution in [0, 0.1) is 0 Å². The van der Waals surface area contributed by atoms with E-state index < -0.39 is 0 Å². The van der Waals surface area contributed by atoms with Crippen molar-refractivity contribution >= 4 is 11.6 Å². The van der Waals surface area contributed by atoms with Crippen LogP contribution in [0.3, 0.4) is 0 Å². The maximum Gasteiger partial charge on any atom is 0.258 e. The van der Waals surface area contributed by atoms with E-state index in [1.54, 1.807) is 6.07 Å². The summed E-state index contributed by atoms with van der Waals surface area (Å²) in [6.45, 7) is 0.472. The lowest BCUT2D eigenvalue weighted by molar-refractivity contribution is 0.432. The van der Waals surface area contributed by atoms with Crippen molar-refractivity contribution < 1.29 is 4.52 Å². The zero-order chi connectivity index (χ0) is 13.9. The molecule has 0 radical (unpaired) electrons. The molecule has 2 aromatic carbocycles. The fourth-order valence-corrected chi connectivity index (χ4v) is 2.14. The van der Waals surface area contributed by atoms with Crippen LogP contribution in [0.1, 0.15) is 5.56 Å². The maximum absolute atomic E-state index is 6.12. The second-order valence-electron chi connectivity index (χ2n) is 4.31. The first-order valence-corrected chi connectivity index (χ1v) is 6.53. The highest BCUT2D eigenvalue weighted by Crippen LogP contribution is 2.27. The van der Waals surface area contributed by atoms with Crippen molar-refractivity contribution in [3.05, 3.63) is 59.1 Å². The molecule has 1 aromatic heterocycles. The molecule has 0 aliphatic heterocycles. The molecule has 3 rings (SSSR count). The van der Waals surface area contributed by atoms with E-state index in [2.05, 4.69) is 10.1 Å². The van der Waals surface area contributed by atoms with Gasteiger partial charge in [0.05, 0.1) is 5.02 Å². The van der Waals surface area contributed by atoms with Crippen LogP contribution in [0.2, 0.25) is 5.02 Å². The molecule has 0 spiro atoms. The third-order valence-corrected chi connectivity index (χ3v) is 3.28. The van der Waals surface area contributed by atoms with Gasteiger partial charge in [0, 0.05) is 17.7 Å². The summed E-state index contributed by atoms with van der Waals surface area (Å²) < 4.78 is 5.30. The van der Waals surface area contributed by atoms with Gasteiger partial charge in [0.2, 0.25) is 5.82 Å². The van der Waals surface area contributed by atoms with Crippen LogP contribution >= 0.6 is 11.6 Å². The third-order valence-electron chi connectivity index (χ3n) is 2.95. The molecule has 0 bridgehead atoms. The van der Waals surface area contributed by atoms with Crippen molar-refractivity contribution in [3.8, 4) is 22.8 Å². The predicted molar refractivity (Wildman–Crippen MR) is 78.1 cm³/mol. The van der Waals surface area contributed by atoms with Crippen molar-refractivity contribution in [2.24, 2.45) is 5.73 Å². The Hall–Kier alpha value is -2.17. The molecule has 2 N–H and O–H groups in total. The van der Waals surface area contributed by atoms with Gasteiger partial charge >= 0.3 is 0 Å². The summed E-state index contributed by atoms with van der Waals surface area (Å²) in [6.07, 6.45) is 0. The molecule has 0 saturated carbocycles. The van der Waals surface area contributed by atoms with Gasteiger partial charge in [0.15, 0.2) is 0 Å². The summed E-state index contributed by atoms with van der Waals surface area (Å²) in [7, 11) is 0. The SMILES string of the molecule is NCc1cccc(-c2nc(-c3ccccc3Cl)no2)c1. The van der Waals surface area contributed by atoms with Gasteiger partial charge in [-0.1, -0.05) is 41.0 Å². The van der Waals surface area contributed by atoms with Gasteiger partial charge in [-0.15, -0.1) is 0 Å². The predicted octanol–water partition coefficient (Wildman–Crippen LogP) is 3.52. The highest BCUT2D eigenvalue weighted by atomic mass is 35.5. The van der Waals surface area contributed by atoms with E-state index in [9.17, 15) is 0 Å². The molecule has 3 aromatic rings. The fourth-order valence-electron chi connectivity index (χ4n) is 1.92. The van der Waals surface area contributed by atoms with Crippen LogP contribution in [0.5, 0.6) is 0 Å². The summed E-state index contributed by atoms with van der Waals surface area (Å²) in [5.74, 6) is 0.930. The second-order valence-corrected chi connectivity index (χ2v) is 4.71. The van der Waals surface area contributed by atoms with Crippen LogP contribution in [-0.4, -0.2) is 10.1 Å². The Kier molecular flexibility index (Phi) is 3.50. The summed E-state index contributed by atoms with van der Waals surface area (Å²) in [6, 6.07) is 15.1. The highest BCUT2D eigenvalue weighted by Gasteiger charge is 2.12. The summed E-state index contributed by atoms with van der Waals surface area (Å²) in [5, 5.41) is 4.57. The van der Waals surface area contributed by atoms with Crippen molar-refractivity contribution in [2.45, 2.75) is 6.54 Å². The first kappa shape index (κ1) is 12.8. The summed E-state index contributed by atoms with van der Waals surface area (Å²) >= 11 is 6.12. The molecule has 0 aliphatic rings. The lowest BCUT2D eigenvalue weighted by atomic mass is 10.1. The average Bonchev–Trinajstić information content (AvgIpc) is 2.97. The van der Waals surface area contributed by atoms with Crippen molar-refractivity contribution in [1.82, 2.24) is 10.1 Å². The monoisotopic (exact) mass is 285 g/mol. The third kappa shape index (κ3) is 2.43. The normalized spacial score (nSPS) is 10.7. The molecule has 5 heteroatoms. The lowest BCUT2D eigenvalue weighted by Gasteiger charge is -1.98. The maximum atomic E-state index is 6.12. The van der Waals surface area contributed by atoms with Gasteiger partial charge in [-0.2, -0.15) is 4.98 Å². The second kappa shape index (κ2) is 5.45. The van der Waals surface area contributed by atoms with Crippen molar-refractivity contribution in [3.63, 3.8) is 0 Å². The molecule has 0 amide bonds. The van der Waals surface area contributed by atoms with E-state index in [0.717, 1.165) is 16.7 Å². The van der Waals surface area contributed by atoms with Crippen LogP contribution in [0.25, 0.3) is 22.8 Å². The van der Waals surface area contributed by atoms with Gasteiger partial charge < -0.3 is 10.3 Å². The lowest BCUT2D eigenvalue weighted by Crippen LogP contribution is -1.95. The van der Waals surface area contributed by atoms with Crippen molar-refractivity contribution in [2.75, 3.05) is 0 Å². The zero-order valence-electron chi connectivity index (χ0n) is 10.6. The first-order valence-electron chi connectivity index (χ1n) is 6.16. The van der Waals surface area contributed by atoms with E-state index in [1.165, 1.54) is 0 Å². The average molecular weight is 286 g/mol. The summed E-state index contributed by atoms with van der Waals surface area (Å²) in [5.41, 5.74) is 8.24. The minimum Gasteiger partial charge on any atom is -0.334 e. The Labute approximate surface area is 121 Å². The van der Waals surface area contributed by atoms with Crippen LogP contribution in [-0.2, 0) is 6.54 Å². The minimum absolute atomic E-state index is 0.454. The van der Waals surface area contributed by atoms with Gasteiger partial charge in [-0.25, -0.2) is 0 Å².